The highest BCUT2D eigenvalue weighted by molar-refractivity contribution is 5.75. The van der Waals surface area contributed by atoms with Crippen LogP contribution >= 0.6 is 0 Å². The first-order valence-electron chi connectivity index (χ1n) is 8.08. The van der Waals surface area contributed by atoms with E-state index in [1.165, 1.54) is 11.3 Å². The van der Waals surface area contributed by atoms with Crippen molar-refractivity contribution in [2.75, 3.05) is 36.0 Å². The molecule has 116 valence electrons. The summed E-state index contributed by atoms with van der Waals surface area (Å²) < 4.78 is 0. The van der Waals surface area contributed by atoms with Crippen molar-refractivity contribution in [3.8, 4) is 0 Å². The minimum Gasteiger partial charge on any atom is -0.368 e. The SMILES string of the molecule is Cc1ccccc1N1CCN(c2cnc3ccccc3n2)CC1. The highest BCUT2D eigenvalue weighted by atomic mass is 15.3. The smallest absolute Gasteiger partial charge is 0.147 e. The number of aryl methyl sites for hydroxylation is 1. The number of anilines is 2. The molecule has 1 aliphatic rings. The van der Waals surface area contributed by atoms with Crippen LogP contribution in [0.1, 0.15) is 5.56 Å². The minimum absolute atomic E-state index is 0.954. The Bertz CT molecular complexity index is 822. The Hall–Kier alpha value is -2.62. The van der Waals surface area contributed by atoms with Crippen LogP contribution in [0.15, 0.2) is 54.7 Å². The van der Waals surface area contributed by atoms with Crippen molar-refractivity contribution in [3.05, 3.63) is 60.3 Å². The number of hydrogen-bond donors (Lipinski definition) is 0. The van der Waals surface area contributed by atoms with E-state index in [4.69, 9.17) is 4.98 Å². The number of nitrogens with zero attached hydrogens (tertiary/aromatic N) is 4. The standard InChI is InChI=1S/C19H20N4/c1-15-6-2-5-9-18(15)22-10-12-23(13-11-22)19-14-20-16-7-3-4-8-17(16)21-19/h2-9,14H,10-13H2,1H3. The van der Waals surface area contributed by atoms with Crippen LogP contribution in [-0.2, 0) is 0 Å². The summed E-state index contributed by atoms with van der Waals surface area (Å²) in [7, 11) is 0. The molecule has 0 aliphatic carbocycles. The number of rotatable bonds is 2. The van der Waals surface area contributed by atoms with Crippen molar-refractivity contribution in [3.63, 3.8) is 0 Å². The molecule has 0 N–H and O–H groups in total. The van der Waals surface area contributed by atoms with E-state index in [1.54, 1.807) is 0 Å². The quantitative estimate of drug-likeness (QED) is 0.727. The lowest BCUT2D eigenvalue weighted by Gasteiger charge is -2.37. The molecule has 0 atom stereocenters. The summed E-state index contributed by atoms with van der Waals surface area (Å²) in [6.07, 6.45) is 1.89. The normalized spacial score (nSPS) is 15.2. The van der Waals surface area contributed by atoms with E-state index in [9.17, 15) is 0 Å². The van der Waals surface area contributed by atoms with E-state index in [-0.39, 0.29) is 0 Å². The van der Waals surface area contributed by atoms with Gasteiger partial charge in [-0.15, -0.1) is 0 Å². The maximum Gasteiger partial charge on any atom is 0.147 e. The second-order valence-electron chi connectivity index (χ2n) is 5.98. The van der Waals surface area contributed by atoms with Gasteiger partial charge in [0.05, 0.1) is 17.2 Å². The molecule has 0 radical (unpaired) electrons. The molecule has 0 amide bonds. The Morgan fingerprint density at radius 3 is 2.22 bits per heavy atom. The van der Waals surface area contributed by atoms with Crippen LogP contribution in [-0.4, -0.2) is 36.1 Å². The van der Waals surface area contributed by atoms with Crippen LogP contribution in [0.2, 0.25) is 0 Å². The minimum atomic E-state index is 0.954. The number of para-hydroxylation sites is 3. The van der Waals surface area contributed by atoms with Gasteiger partial charge in [0.1, 0.15) is 5.82 Å². The molecule has 1 aromatic heterocycles. The number of fused-ring (bicyclic) bond motifs is 1. The van der Waals surface area contributed by atoms with Crippen molar-refractivity contribution in [2.45, 2.75) is 6.92 Å². The third-order valence-corrected chi connectivity index (χ3v) is 4.50. The van der Waals surface area contributed by atoms with Gasteiger partial charge in [-0.25, -0.2) is 4.98 Å². The first-order chi connectivity index (χ1) is 11.3. The van der Waals surface area contributed by atoms with Crippen LogP contribution in [0.25, 0.3) is 11.0 Å². The molecule has 1 saturated heterocycles. The largest absolute Gasteiger partial charge is 0.368 e. The molecule has 23 heavy (non-hydrogen) atoms. The molecule has 3 aromatic rings. The first-order valence-corrected chi connectivity index (χ1v) is 8.08. The van der Waals surface area contributed by atoms with Gasteiger partial charge >= 0.3 is 0 Å². The molecule has 1 fully saturated rings. The summed E-state index contributed by atoms with van der Waals surface area (Å²) in [5.41, 5.74) is 4.60. The molecule has 2 heterocycles. The fourth-order valence-electron chi connectivity index (χ4n) is 3.19. The highest BCUT2D eigenvalue weighted by Gasteiger charge is 2.19. The van der Waals surface area contributed by atoms with E-state index in [2.05, 4.69) is 46.0 Å². The van der Waals surface area contributed by atoms with Gasteiger partial charge in [0, 0.05) is 31.9 Å². The summed E-state index contributed by atoms with van der Waals surface area (Å²) >= 11 is 0. The monoisotopic (exact) mass is 304 g/mol. The van der Waals surface area contributed by atoms with Crippen LogP contribution in [0.3, 0.4) is 0 Å². The summed E-state index contributed by atoms with van der Waals surface area (Å²) in [5, 5.41) is 0. The van der Waals surface area contributed by atoms with E-state index >= 15 is 0 Å². The second-order valence-corrected chi connectivity index (χ2v) is 5.98. The van der Waals surface area contributed by atoms with E-state index in [1.807, 2.05) is 30.5 Å². The predicted octanol–water partition coefficient (Wildman–Crippen LogP) is 3.26. The van der Waals surface area contributed by atoms with E-state index < -0.39 is 0 Å². The van der Waals surface area contributed by atoms with Gasteiger partial charge in [-0.1, -0.05) is 30.3 Å². The molecule has 1 aliphatic heterocycles. The lowest BCUT2D eigenvalue weighted by Crippen LogP contribution is -2.47. The summed E-state index contributed by atoms with van der Waals surface area (Å²) in [6.45, 7) is 6.15. The number of aromatic nitrogens is 2. The maximum absolute atomic E-state index is 4.76. The molecule has 4 heteroatoms. The van der Waals surface area contributed by atoms with E-state index in [0.717, 1.165) is 43.0 Å². The van der Waals surface area contributed by atoms with Crippen molar-refractivity contribution >= 4 is 22.5 Å². The lowest BCUT2D eigenvalue weighted by molar-refractivity contribution is 0.646. The number of benzene rings is 2. The molecule has 4 rings (SSSR count). The van der Waals surface area contributed by atoms with Crippen molar-refractivity contribution in [1.82, 2.24) is 9.97 Å². The fourth-order valence-corrected chi connectivity index (χ4v) is 3.19. The van der Waals surface area contributed by atoms with Crippen LogP contribution in [0.4, 0.5) is 11.5 Å². The lowest BCUT2D eigenvalue weighted by atomic mass is 10.1. The van der Waals surface area contributed by atoms with Gasteiger partial charge in [0.15, 0.2) is 0 Å². The van der Waals surface area contributed by atoms with Crippen molar-refractivity contribution < 1.29 is 0 Å². The molecular formula is C19H20N4. The zero-order valence-electron chi connectivity index (χ0n) is 13.3. The summed E-state index contributed by atoms with van der Waals surface area (Å²) in [5.74, 6) is 0.980. The molecule has 0 saturated carbocycles. The molecule has 4 nitrogen and oxygen atoms in total. The molecule has 0 spiro atoms. The van der Waals surface area contributed by atoms with Gasteiger partial charge in [0.25, 0.3) is 0 Å². The molecule has 0 bridgehead atoms. The third-order valence-electron chi connectivity index (χ3n) is 4.50. The zero-order valence-corrected chi connectivity index (χ0v) is 13.3. The van der Waals surface area contributed by atoms with Gasteiger partial charge in [-0.2, -0.15) is 0 Å². The van der Waals surface area contributed by atoms with E-state index in [0.29, 0.717) is 0 Å². The van der Waals surface area contributed by atoms with Gasteiger partial charge in [-0.3, -0.25) is 4.98 Å². The highest BCUT2D eigenvalue weighted by Crippen LogP contribution is 2.23. The van der Waals surface area contributed by atoms with Gasteiger partial charge in [0.2, 0.25) is 0 Å². The van der Waals surface area contributed by atoms with Crippen LogP contribution in [0, 0.1) is 6.92 Å². The topological polar surface area (TPSA) is 32.3 Å². The average Bonchev–Trinajstić information content (AvgIpc) is 2.62. The molecular weight excluding hydrogens is 284 g/mol. The fraction of sp³-hybridized carbons (Fsp3) is 0.263. The summed E-state index contributed by atoms with van der Waals surface area (Å²) in [4.78, 5) is 14.1. The Morgan fingerprint density at radius 1 is 0.783 bits per heavy atom. The predicted molar refractivity (Wildman–Crippen MR) is 95.1 cm³/mol. The number of hydrogen-bond acceptors (Lipinski definition) is 4. The van der Waals surface area contributed by atoms with Gasteiger partial charge < -0.3 is 9.80 Å². The van der Waals surface area contributed by atoms with Crippen LogP contribution in [0.5, 0.6) is 0 Å². The van der Waals surface area contributed by atoms with Crippen LogP contribution < -0.4 is 9.80 Å². The summed E-state index contributed by atoms with van der Waals surface area (Å²) in [6, 6.07) is 16.6. The Kier molecular flexibility index (Phi) is 3.58. The van der Waals surface area contributed by atoms with Crippen molar-refractivity contribution in [2.24, 2.45) is 0 Å². The Labute approximate surface area is 136 Å². The Balaban J connectivity index is 1.51. The Morgan fingerprint density at radius 2 is 1.43 bits per heavy atom. The second kappa shape index (κ2) is 5.88. The molecule has 0 unspecified atom stereocenters. The third kappa shape index (κ3) is 2.72. The molecule has 2 aromatic carbocycles. The van der Waals surface area contributed by atoms with Gasteiger partial charge in [-0.05, 0) is 30.7 Å². The van der Waals surface area contributed by atoms with Crippen molar-refractivity contribution in [1.29, 1.82) is 0 Å². The number of piperazine rings is 1. The average molecular weight is 304 g/mol. The first kappa shape index (κ1) is 14.0. The zero-order chi connectivity index (χ0) is 15.6. The maximum atomic E-state index is 4.76.